The third-order valence-corrected chi connectivity index (χ3v) is 7.96. The van der Waals surface area contributed by atoms with Gasteiger partial charge in [0, 0.05) is 47.7 Å². The lowest BCUT2D eigenvalue weighted by atomic mass is 10.2. The second kappa shape index (κ2) is 8.10. The molecule has 1 fully saturated rings. The van der Waals surface area contributed by atoms with Crippen LogP contribution in [0.3, 0.4) is 0 Å². The molecule has 10 heteroatoms. The maximum Gasteiger partial charge on any atom is 0.246 e. The Bertz CT molecular complexity index is 1150. The van der Waals surface area contributed by atoms with Crippen molar-refractivity contribution in [2.75, 3.05) is 31.1 Å². The van der Waals surface area contributed by atoms with Gasteiger partial charge >= 0.3 is 0 Å². The Morgan fingerprint density at radius 1 is 1.03 bits per heavy atom. The molecular weight excluding hydrogens is 484 g/mol. The van der Waals surface area contributed by atoms with Gasteiger partial charge in [-0.3, -0.25) is 0 Å². The number of anilines is 1. The molecule has 1 saturated heterocycles. The van der Waals surface area contributed by atoms with Gasteiger partial charge in [-0.1, -0.05) is 28.1 Å². The Hall–Kier alpha value is -1.88. The van der Waals surface area contributed by atoms with Gasteiger partial charge in [-0.05, 0) is 24.3 Å². The first kappa shape index (κ1) is 20.4. The summed E-state index contributed by atoms with van der Waals surface area (Å²) >= 11 is 4.95. The highest BCUT2D eigenvalue weighted by Crippen LogP contribution is 2.30. The van der Waals surface area contributed by atoms with E-state index in [1.807, 2.05) is 34.5 Å². The van der Waals surface area contributed by atoms with Crippen LogP contribution in [0.5, 0.6) is 0 Å². The fraction of sp³-hybridized carbons (Fsp3) is 0.211. The minimum atomic E-state index is -4.01. The molecule has 0 saturated carbocycles. The quantitative estimate of drug-likeness (QED) is 0.535. The fourth-order valence-corrected chi connectivity index (χ4v) is 5.89. The smallest absolute Gasteiger partial charge is 0.246 e. The molecule has 152 valence electrons. The van der Waals surface area contributed by atoms with E-state index in [4.69, 9.17) is 0 Å². The van der Waals surface area contributed by atoms with Crippen molar-refractivity contribution >= 4 is 42.4 Å². The SMILES string of the molecule is O=S(=O)(c1ccc(F)cc1F)N1CCN(c2nc(-c3cccc(Br)c3)cs2)CC1. The van der Waals surface area contributed by atoms with Crippen LogP contribution < -0.4 is 4.90 Å². The minimum Gasteiger partial charge on any atom is -0.345 e. The highest BCUT2D eigenvalue weighted by Gasteiger charge is 2.31. The zero-order valence-electron chi connectivity index (χ0n) is 15.1. The van der Waals surface area contributed by atoms with Crippen LogP contribution in [0.4, 0.5) is 13.9 Å². The molecule has 0 radical (unpaired) electrons. The van der Waals surface area contributed by atoms with Crippen molar-refractivity contribution in [3.63, 3.8) is 0 Å². The van der Waals surface area contributed by atoms with Gasteiger partial charge in [-0.25, -0.2) is 22.2 Å². The van der Waals surface area contributed by atoms with Gasteiger partial charge in [-0.15, -0.1) is 11.3 Å². The zero-order valence-corrected chi connectivity index (χ0v) is 18.3. The molecule has 5 nitrogen and oxygen atoms in total. The summed E-state index contributed by atoms with van der Waals surface area (Å²) in [6, 6.07) is 10.4. The fourth-order valence-electron chi connectivity index (χ4n) is 3.13. The van der Waals surface area contributed by atoms with E-state index in [1.165, 1.54) is 15.6 Å². The highest BCUT2D eigenvalue weighted by molar-refractivity contribution is 9.10. The van der Waals surface area contributed by atoms with E-state index >= 15 is 0 Å². The van der Waals surface area contributed by atoms with Crippen LogP contribution in [0.25, 0.3) is 11.3 Å². The van der Waals surface area contributed by atoms with E-state index in [2.05, 4.69) is 20.9 Å². The topological polar surface area (TPSA) is 53.5 Å². The molecule has 0 unspecified atom stereocenters. The first-order chi connectivity index (χ1) is 13.8. The molecule has 1 aromatic heterocycles. The summed E-state index contributed by atoms with van der Waals surface area (Å²) in [6.45, 7) is 1.27. The third-order valence-electron chi connectivity index (χ3n) is 4.63. The second-order valence-electron chi connectivity index (χ2n) is 6.49. The van der Waals surface area contributed by atoms with Gasteiger partial charge in [-0.2, -0.15) is 4.31 Å². The van der Waals surface area contributed by atoms with Crippen LogP contribution in [-0.4, -0.2) is 43.9 Å². The molecule has 1 aliphatic heterocycles. The van der Waals surface area contributed by atoms with Crippen LogP contribution in [0.15, 0.2) is 57.2 Å². The van der Waals surface area contributed by atoms with Crippen molar-refractivity contribution < 1.29 is 17.2 Å². The number of hydrogen-bond donors (Lipinski definition) is 0. The molecule has 0 atom stereocenters. The normalized spacial score (nSPS) is 15.6. The van der Waals surface area contributed by atoms with E-state index in [1.54, 1.807) is 0 Å². The number of benzene rings is 2. The Morgan fingerprint density at radius 3 is 2.48 bits per heavy atom. The maximum atomic E-state index is 14.0. The molecule has 0 amide bonds. The number of piperazine rings is 1. The van der Waals surface area contributed by atoms with E-state index in [0.29, 0.717) is 19.2 Å². The summed E-state index contributed by atoms with van der Waals surface area (Å²) in [5, 5.41) is 2.78. The lowest BCUT2D eigenvalue weighted by molar-refractivity contribution is 0.382. The summed E-state index contributed by atoms with van der Waals surface area (Å²) in [5.74, 6) is -1.89. The summed E-state index contributed by atoms with van der Waals surface area (Å²) in [5.41, 5.74) is 1.85. The number of aromatic nitrogens is 1. The second-order valence-corrected chi connectivity index (χ2v) is 10.2. The Kier molecular flexibility index (Phi) is 5.69. The monoisotopic (exact) mass is 499 g/mol. The molecule has 2 aromatic carbocycles. The van der Waals surface area contributed by atoms with Gasteiger partial charge in [0.2, 0.25) is 10.0 Å². The average molecular weight is 500 g/mol. The summed E-state index contributed by atoms with van der Waals surface area (Å²) in [7, 11) is -4.01. The van der Waals surface area contributed by atoms with Crippen molar-refractivity contribution in [1.82, 2.24) is 9.29 Å². The van der Waals surface area contributed by atoms with Crippen molar-refractivity contribution in [2.24, 2.45) is 0 Å². The van der Waals surface area contributed by atoms with Crippen LogP contribution in [0.1, 0.15) is 0 Å². The molecule has 0 N–H and O–H groups in total. The lowest BCUT2D eigenvalue weighted by Crippen LogP contribution is -2.48. The number of halogens is 3. The number of hydrogen-bond acceptors (Lipinski definition) is 5. The largest absolute Gasteiger partial charge is 0.345 e. The zero-order chi connectivity index (χ0) is 20.6. The standard InChI is InChI=1S/C19H16BrF2N3O2S2/c20-14-3-1-2-13(10-14)17-12-28-19(23-17)24-6-8-25(9-7-24)29(26,27)18-5-4-15(21)11-16(18)22/h1-5,10-12H,6-9H2. The van der Waals surface area contributed by atoms with E-state index in [0.717, 1.165) is 33.0 Å². The van der Waals surface area contributed by atoms with Crippen LogP contribution in [0, 0.1) is 11.6 Å². The molecule has 0 bridgehead atoms. The predicted molar refractivity (Wildman–Crippen MR) is 113 cm³/mol. The van der Waals surface area contributed by atoms with Crippen molar-refractivity contribution in [3.05, 3.63) is 64.0 Å². The molecular formula is C19H16BrF2N3O2S2. The molecule has 4 rings (SSSR count). The third kappa shape index (κ3) is 4.20. The first-order valence-corrected chi connectivity index (χ1v) is 11.9. The Labute approximate surface area is 179 Å². The van der Waals surface area contributed by atoms with E-state index < -0.39 is 26.6 Å². The van der Waals surface area contributed by atoms with Crippen molar-refractivity contribution in [2.45, 2.75) is 4.90 Å². The molecule has 1 aliphatic rings. The van der Waals surface area contributed by atoms with Gasteiger partial charge in [0.15, 0.2) is 5.13 Å². The molecule has 2 heterocycles. The van der Waals surface area contributed by atoms with Crippen LogP contribution in [-0.2, 0) is 10.0 Å². The van der Waals surface area contributed by atoms with Gasteiger partial charge < -0.3 is 4.90 Å². The van der Waals surface area contributed by atoms with Crippen molar-refractivity contribution in [1.29, 1.82) is 0 Å². The van der Waals surface area contributed by atoms with Gasteiger partial charge in [0.05, 0.1) is 5.69 Å². The summed E-state index contributed by atoms with van der Waals surface area (Å²) < 4.78 is 54.7. The summed E-state index contributed by atoms with van der Waals surface area (Å²) in [6.07, 6.45) is 0. The highest BCUT2D eigenvalue weighted by atomic mass is 79.9. The minimum absolute atomic E-state index is 0.199. The molecule has 0 spiro atoms. The van der Waals surface area contributed by atoms with E-state index in [-0.39, 0.29) is 13.1 Å². The number of sulfonamides is 1. The lowest BCUT2D eigenvalue weighted by Gasteiger charge is -2.33. The Balaban J connectivity index is 1.47. The predicted octanol–water partition coefficient (Wildman–Crippen LogP) is 4.36. The van der Waals surface area contributed by atoms with Crippen LogP contribution >= 0.6 is 27.3 Å². The van der Waals surface area contributed by atoms with Gasteiger partial charge in [0.1, 0.15) is 16.5 Å². The van der Waals surface area contributed by atoms with Crippen LogP contribution in [0.2, 0.25) is 0 Å². The maximum absolute atomic E-state index is 14.0. The average Bonchev–Trinajstić information content (AvgIpc) is 3.18. The molecule has 0 aliphatic carbocycles. The van der Waals surface area contributed by atoms with Crippen molar-refractivity contribution in [3.8, 4) is 11.3 Å². The molecule has 3 aromatic rings. The summed E-state index contributed by atoms with van der Waals surface area (Å²) in [4.78, 5) is 6.18. The van der Waals surface area contributed by atoms with Gasteiger partial charge in [0.25, 0.3) is 0 Å². The molecule has 29 heavy (non-hydrogen) atoms. The number of rotatable bonds is 4. The Morgan fingerprint density at radius 2 is 1.79 bits per heavy atom. The number of thiazole rings is 1. The van der Waals surface area contributed by atoms with E-state index in [9.17, 15) is 17.2 Å². The number of nitrogens with zero attached hydrogens (tertiary/aromatic N) is 3. The first-order valence-electron chi connectivity index (χ1n) is 8.76.